The fraction of sp³-hybridized carbons (Fsp3) is 0.625. The van der Waals surface area contributed by atoms with Crippen LogP contribution >= 0.6 is 0 Å². The lowest BCUT2D eigenvalue weighted by atomic mass is 9.84. The lowest BCUT2D eigenvalue weighted by Crippen LogP contribution is -2.14. The summed E-state index contributed by atoms with van der Waals surface area (Å²) in [5, 5.41) is 3.28. The predicted molar refractivity (Wildman–Crippen MR) is 76.7 cm³/mol. The predicted octanol–water partition coefficient (Wildman–Crippen LogP) is 4.04. The molecule has 1 rings (SSSR count). The molecule has 1 aromatic carbocycles. The molecule has 1 unspecified atom stereocenters. The number of hydrogen-bond acceptors (Lipinski definition) is 1. The number of rotatable bonds is 6. The van der Waals surface area contributed by atoms with Gasteiger partial charge in [-0.05, 0) is 68.8 Å². The van der Waals surface area contributed by atoms with Gasteiger partial charge in [-0.25, -0.2) is 0 Å². The first-order valence-corrected chi connectivity index (χ1v) is 6.77. The summed E-state index contributed by atoms with van der Waals surface area (Å²) in [6, 6.07) is 6.72. The minimum absolute atomic E-state index is 0.697. The largest absolute Gasteiger partial charge is 0.320 e. The highest BCUT2D eigenvalue weighted by molar-refractivity contribution is 5.35. The maximum Gasteiger partial charge on any atom is -0.00461 e. The molecule has 0 aromatic heterocycles. The van der Waals surface area contributed by atoms with E-state index in [4.69, 9.17) is 0 Å². The van der Waals surface area contributed by atoms with Crippen LogP contribution in [0.15, 0.2) is 18.2 Å². The number of benzene rings is 1. The van der Waals surface area contributed by atoms with Crippen molar-refractivity contribution in [3.63, 3.8) is 0 Å². The molecule has 0 aliphatic carbocycles. The molecule has 1 nitrogen and oxygen atoms in total. The van der Waals surface area contributed by atoms with Crippen molar-refractivity contribution in [3.8, 4) is 0 Å². The molecule has 1 N–H and O–H groups in total. The fourth-order valence-corrected chi connectivity index (χ4v) is 2.50. The Morgan fingerprint density at radius 1 is 1.18 bits per heavy atom. The highest BCUT2D eigenvalue weighted by atomic mass is 14.8. The van der Waals surface area contributed by atoms with Crippen LogP contribution in [0, 0.1) is 19.8 Å². The summed E-state index contributed by atoms with van der Waals surface area (Å²) in [6.45, 7) is 10.2. The first-order valence-electron chi connectivity index (χ1n) is 6.77. The van der Waals surface area contributed by atoms with Crippen molar-refractivity contribution in [2.24, 2.45) is 5.92 Å². The molecule has 0 saturated carbocycles. The smallest absolute Gasteiger partial charge is 0.00461 e. The lowest BCUT2D eigenvalue weighted by molar-refractivity contribution is 0.468. The van der Waals surface area contributed by atoms with Crippen molar-refractivity contribution < 1.29 is 0 Å². The molecule has 0 fully saturated rings. The summed E-state index contributed by atoms with van der Waals surface area (Å²) >= 11 is 0. The van der Waals surface area contributed by atoms with Gasteiger partial charge >= 0.3 is 0 Å². The highest BCUT2D eigenvalue weighted by Crippen LogP contribution is 2.30. The molecule has 96 valence electrons. The molecule has 0 saturated heterocycles. The molecule has 0 heterocycles. The number of aryl methyl sites for hydroxylation is 1. The molecule has 17 heavy (non-hydrogen) atoms. The molecule has 0 aliphatic heterocycles. The van der Waals surface area contributed by atoms with E-state index in [2.05, 4.69) is 51.2 Å². The Labute approximate surface area is 107 Å². The number of hydrogen-bond donors (Lipinski definition) is 1. The Balaban J connectivity index is 2.90. The van der Waals surface area contributed by atoms with Crippen molar-refractivity contribution in [3.05, 3.63) is 34.9 Å². The van der Waals surface area contributed by atoms with Crippen LogP contribution in [0.3, 0.4) is 0 Å². The van der Waals surface area contributed by atoms with Crippen LogP contribution in [0.5, 0.6) is 0 Å². The molecule has 0 bridgehead atoms. The molecule has 1 heteroatoms. The summed E-state index contributed by atoms with van der Waals surface area (Å²) in [5.41, 5.74) is 4.45. The van der Waals surface area contributed by atoms with Crippen LogP contribution in [-0.2, 0) is 0 Å². The van der Waals surface area contributed by atoms with Gasteiger partial charge in [-0.15, -0.1) is 0 Å². The van der Waals surface area contributed by atoms with E-state index in [0.717, 1.165) is 12.5 Å². The average Bonchev–Trinajstić information content (AvgIpc) is 2.28. The van der Waals surface area contributed by atoms with Gasteiger partial charge in [0.05, 0.1) is 0 Å². The van der Waals surface area contributed by atoms with Crippen LogP contribution in [0.1, 0.15) is 49.3 Å². The third kappa shape index (κ3) is 4.16. The molecular weight excluding hydrogens is 206 g/mol. The molecule has 0 spiro atoms. The van der Waals surface area contributed by atoms with E-state index in [1.54, 1.807) is 5.56 Å². The monoisotopic (exact) mass is 233 g/mol. The molecule has 1 atom stereocenters. The number of nitrogens with one attached hydrogen (secondary N) is 1. The quantitative estimate of drug-likeness (QED) is 0.782. The summed E-state index contributed by atoms with van der Waals surface area (Å²) < 4.78 is 0. The zero-order chi connectivity index (χ0) is 12.8. The second-order valence-electron chi connectivity index (χ2n) is 5.51. The first-order chi connectivity index (χ1) is 8.06. The minimum Gasteiger partial charge on any atom is -0.320 e. The van der Waals surface area contributed by atoms with Crippen LogP contribution in [0.2, 0.25) is 0 Å². The Bertz CT molecular complexity index is 341. The Hall–Kier alpha value is -0.820. The fourth-order valence-electron chi connectivity index (χ4n) is 2.50. The van der Waals surface area contributed by atoms with E-state index in [1.807, 2.05) is 7.05 Å². The summed E-state index contributed by atoms with van der Waals surface area (Å²) in [5.74, 6) is 1.46. The Morgan fingerprint density at radius 3 is 2.47 bits per heavy atom. The standard InChI is InChI=1S/C16H27N/c1-12(2)11-15(9-10-17-5)16-8-6-7-13(3)14(16)4/h6-8,12,15,17H,9-11H2,1-5H3. The molecule has 1 aromatic rings. The zero-order valence-electron chi connectivity index (χ0n) is 12.0. The lowest BCUT2D eigenvalue weighted by Gasteiger charge is -2.22. The van der Waals surface area contributed by atoms with Gasteiger partial charge in [-0.2, -0.15) is 0 Å². The molecular formula is C16H27N. The van der Waals surface area contributed by atoms with Crippen molar-refractivity contribution in [2.45, 2.75) is 46.5 Å². The van der Waals surface area contributed by atoms with Crippen LogP contribution < -0.4 is 5.32 Å². The van der Waals surface area contributed by atoms with Crippen molar-refractivity contribution >= 4 is 0 Å². The first kappa shape index (κ1) is 14.2. The van der Waals surface area contributed by atoms with E-state index in [9.17, 15) is 0 Å². The van der Waals surface area contributed by atoms with Crippen molar-refractivity contribution in [2.75, 3.05) is 13.6 Å². The highest BCUT2D eigenvalue weighted by Gasteiger charge is 2.15. The average molecular weight is 233 g/mol. The van der Waals surface area contributed by atoms with Gasteiger partial charge in [0.2, 0.25) is 0 Å². The molecule has 0 radical (unpaired) electrons. The maximum absolute atomic E-state index is 3.28. The van der Waals surface area contributed by atoms with Gasteiger partial charge in [0.25, 0.3) is 0 Å². The van der Waals surface area contributed by atoms with E-state index >= 15 is 0 Å². The second-order valence-corrected chi connectivity index (χ2v) is 5.51. The van der Waals surface area contributed by atoms with Gasteiger partial charge in [0.1, 0.15) is 0 Å². The van der Waals surface area contributed by atoms with Gasteiger partial charge in [0.15, 0.2) is 0 Å². The van der Waals surface area contributed by atoms with Crippen LogP contribution in [0.25, 0.3) is 0 Å². The third-order valence-corrected chi connectivity index (χ3v) is 3.59. The topological polar surface area (TPSA) is 12.0 Å². The van der Waals surface area contributed by atoms with Crippen molar-refractivity contribution in [1.82, 2.24) is 5.32 Å². The van der Waals surface area contributed by atoms with Gasteiger partial charge < -0.3 is 5.32 Å². The maximum atomic E-state index is 3.28. The van der Waals surface area contributed by atoms with E-state index in [-0.39, 0.29) is 0 Å². The summed E-state index contributed by atoms with van der Waals surface area (Å²) in [6.07, 6.45) is 2.52. The normalized spacial score (nSPS) is 13.1. The van der Waals surface area contributed by atoms with Crippen LogP contribution in [0.4, 0.5) is 0 Å². The third-order valence-electron chi connectivity index (χ3n) is 3.59. The Kier molecular flexibility index (Phi) is 5.70. The van der Waals surface area contributed by atoms with Gasteiger partial charge in [-0.1, -0.05) is 32.0 Å². The van der Waals surface area contributed by atoms with E-state index in [0.29, 0.717) is 5.92 Å². The second kappa shape index (κ2) is 6.80. The van der Waals surface area contributed by atoms with Crippen molar-refractivity contribution in [1.29, 1.82) is 0 Å². The van der Waals surface area contributed by atoms with Gasteiger partial charge in [0, 0.05) is 0 Å². The molecule has 0 aliphatic rings. The van der Waals surface area contributed by atoms with Gasteiger partial charge in [-0.3, -0.25) is 0 Å². The van der Waals surface area contributed by atoms with E-state index in [1.165, 1.54) is 24.0 Å². The SMILES string of the molecule is CNCCC(CC(C)C)c1cccc(C)c1C. The van der Waals surface area contributed by atoms with E-state index < -0.39 is 0 Å². The van der Waals surface area contributed by atoms with Crippen LogP contribution in [-0.4, -0.2) is 13.6 Å². The zero-order valence-corrected chi connectivity index (χ0v) is 12.0. The minimum atomic E-state index is 0.697. The Morgan fingerprint density at radius 2 is 1.88 bits per heavy atom. The molecule has 0 amide bonds. The summed E-state index contributed by atoms with van der Waals surface area (Å²) in [4.78, 5) is 0. The summed E-state index contributed by atoms with van der Waals surface area (Å²) in [7, 11) is 2.04.